The van der Waals surface area contributed by atoms with Crippen LogP contribution in [0.1, 0.15) is 42.7 Å². The Morgan fingerprint density at radius 3 is 2.56 bits per heavy atom. The Morgan fingerprint density at radius 2 is 1.88 bits per heavy atom. The van der Waals surface area contributed by atoms with Crippen molar-refractivity contribution in [3.05, 3.63) is 70.6 Å². The Morgan fingerprint density at radius 1 is 1.15 bits per heavy atom. The monoisotopic (exact) mass is 484 g/mol. The van der Waals surface area contributed by atoms with E-state index in [9.17, 15) is 14.0 Å². The molecular formula is C25H26ClFN4O3. The molecule has 0 saturated carbocycles. The number of benzene rings is 2. The third-order valence-corrected chi connectivity index (χ3v) is 6.11. The number of rotatable bonds is 7. The zero-order valence-electron chi connectivity index (χ0n) is 19.3. The summed E-state index contributed by atoms with van der Waals surface area (Å²) in [5.41, 5.74) is 1.10. The number of fused-ring (bicyclic) bond motifs is 1. The zero-order valence-corrected chi connectivity index (χ0v) is 20.1. The number of halogens is 2. The summed E-state index contributed by atoms with van der Waals surface area (Å²) in [6.07, 6.45) is 1.64. The average Bonchev–Trinajstić information content (AvgIpc) is 3.14. The maximum atomic E-state index is 13.8. The second-order valence-electron chi connectivity index (χ2n) is 8.26. The molecule has 2 amide bonds. The predicted molar refractivity (Wildman–Crippen MR) is 128 cm³/mol. The van der Waals surface area contributed by atoms with Crippen molar-refractivity contribution >= 4 is 29.2 Å². The minimum atomic E-state index is -0.630. The van der Waals surface area contributed by atoms with Crippen molar-refractivity contribution in [1.82, 2.24) is 14.5 Å². The molecule has 1 aliphatic rings. The number of aromatic nitrogens is 2. The number of unbranched alkanes of at least 4 members (excludes halogenated alkanes) is 1. The summed E-state index contributed by atoms with van der Waals surface area (Å²) in [6.45, 7) is 4.45. The Kier molecular flexibility index (Phi) is 6.88. The van der Waals surface area contributed by atoms with Crippen LogP contribution in [0.5, 0.6) is 11.8 Å². The van der Waals surface area contributed by atoms with Gasteiger partial charge in [0, 0.05) is 24.7 Å². The van der Waals surface area contributed by atoms with Crippen LogP contribution in [0.15, 0.2) is 48.5 Å². The molecule has 0 spiro atoms. The van der Waals surface area contributed by atoms with Crippen molar-refractivity contribution in [2.45, 2.75) is 39.3 Å². The van der Waals surface area contributed by atoms with E-state index in [4.69, 9.17) is 16.3 Å². The lowest BCUT2D eigenvalue weighted by atomic mass is 10.2. The second kappa shape index (κ2) is 9.85. The number of imidazole rings is 1. The largest absolute Gasteiger partial charge is 0.425 e. The number of carbonyl (C=O) groups is 2. The van der Waals surface area contributed by atoms with Gasteiger partial charge < -0.3 is 9.64 Å². The normalized spacial score (nSPS) is 16.0. The lowest BCUT2D eigenvalue weighted by Gasteiger charge is -2.27. The average molecular weight is 485 g/mol. The molecule has 7 nitrogen and oxygen atoms in total. The molecule has 1 aliphatic heterocycles. The van der Waals surface area contributed by atoms with Crippen molar-refractivity contribution in [3.8, 4) is 11.8 Å². The van der Waals surface area contributed by atoms with Gasteiger partial charge in [-0.25, -0.2) is 4.39 Å². The molecule has 0 bridgehead atoms. The molecule has 0 radical (unpaired) electrons. The molecule has 0 fully saturated rings. The van der Waals surface area contributed by atoms with E-state index in [0.717, 1.165) is 18.4 Å². The van der Waals surface area contributed by atoms with Gasteiger partial charge in [0.05, 0.1) is 6.54 Å². The van der Waals surface area contributed by atoms with Gasteiger partial charge in [-0.15, -0.1) is 0 Å². The van der Waals surface area contributed by atoms with Crippen LogP contribution in [0.2, 0.25) is 5.02 Å². The number of carbonyl (C=O) groups excluding carboxylic acids is 2. The van der Waals surface area contributed by atoms with Crippen LogP contribution >= 0.6 is 11.6 Å². The number of ether oxygens (including phenoxy) is 1. The van der Waals surface area contributed by atoms with E-state index in [2.05, 4.69) is 4.98 Å². The lowest BCUT2D eigenvalue weighted by molar-refractivity contribution is -0.122. The molecule has 2 aromatic carbocycles. The van der Waals surface area contributed by atoms with Crippen molar-refractivity contribution < 1.29 is 18.7 Å². The Labute approximate surface area is 202 Å². The van der Waals surface area contributed by atoms with Crippen LogP contribution in [0.3, 0.4) is 0 Å². The number of amides is 2. The summed E-state index contributed by atoms with van der Waals surface area (Å²) in [5.74, 6) is -0.560. The van der Waals surface area contributed by atoms with Gasteiger partial charge in [0.25, 0.3) is 5.91 Å². The standard InChI is InChI=1S/C25H26ClFN4O3/c1-4-5-13-30-16(2)23(32)29(3)22-21(24(30)33)31(15-17-9-11-18(26)12-10-17)25(28-22)34-20-8-6-7-19(27)14-20/h6-12,14,16H,4-5,13,15H2,1-3H3. The van der Waals surface area contributed by atoms with Crippen LogP contribution in [-0.4, -0.2) is 45.9 Å². The first-order valence-electron chi connectivity index (χ1n) is 11.2. The van der Waals surface area contributed by atoms with E-state index < -0.39 is 11.9 Å². The topological polar surface area (TPSA) is 67.7 Å². The Balaban J connectivity index is 1.85. The third-order valence-electron chi connectivity index (χ3n) is 5.86. The highest BCUT2D eigenvalue weighted by Crippen LogP contribution is 2.34. The van der Waals surface area contributed by atoms with Gasteiger partial charge in [-0.1, -0.05) is 43.1 Å². The third kappa shape index (κ3) is 4.63. The van der Waals surface area contributed by atoms with E-state index in [1.165, 1.54) is 23.1 Å². The number of hydrogen-bond donors (Lipinski definition) is 0. The van der Waals surface area contributed by atoms with Crippen molar-refractivity contribution in [1.29, 1.82) is 0 Å². The fourth-order valence-corrected chi connectivity index (χ4v) is 4.08. The number of anilines is 1. The SMILES string of the molecule is CCCCN1C(=O)c2c(nc(Oc3cccc(F)c3)n2Cc2ccc(Cl)cc2)N(C)C(=O)C1C. The smallest absolute Gasteiger partial charge is 0.304 e. The molecule has 34 heavy (non-hydrogen) atoms. The Bertz CT molecular complexity index is 1210. The molecule has 3 aromatic rings. The fraction of sp³-hybridized carbons (Fsp3) is 0.320. The summed E-state index contributed by atoms with van der Waals surface area (Å²) >= 11 is 6.04. The minimum absolute atomic E-state index is 0.0866. The summed E-state index contributed by atoms with van der Waals surface area (Å²) in [5, 5.41) is 0.588. The maximum Gasteiger partial charge on any atom is 0.304 e. The van der Waals surface area contributed by atoms with E-state index in [0.29, 0.717) is 11.6 Å². The minimum Gasteiger partial charge on any atom is -0.425 e. The summed E-state index contributed by atoms with van der Waals surface area (Å²) in [4.78, 5) is 34.4. The number of likely N-dealkylation sites (N-methyl/N-ethyl adjacent to an activating group) is 1. The van der Waals surface area contributed by atoms with E-state index in [1.54, 1.807) is 41.6 Å². The molecule has 0 N–H and O–H groups in total. The van der Waals surface area contributed by atoms with Gasteiger partial charge in [-0.05, 0) is 43.2 Å². The molecule has 0 saturated heterocycles. The van der Waals surface area contributed by atoms with E-state index in [-0.39, 0.29) is 41.6 Å². The molecule has 0 aliphatic carbocycles. The van der Waals surface area contributed by atoms with Crippen molar-refractivity contribution in [2.75, 3.05) is 18.5 Å². The summed E-state index contributed by atoms with van der Waals surface area (Å²) in [6, 6.07) is 12.3. The first-order chi connectivity index (χ1) is 16.3. The molecule has 9 heteroatoms. The van der Waals surface area contributed by atoms with Crippen LogP contribution < -0.4 is 9.64 Å². The van der Waals surface area contributed by atoms with Gasteiger partial charge in [0.15, 0.2) is 11.5 Å². The fourth-order valence-electron chi connectivity index (χ4n) is 3.95. The van der Waals surface area contributed by atoms with Crippen LogP contribution in [-0.2, 0) is 11.3 Å². The first-order valence-corrected chi connectivity index (χ1v) is 11.5. The number of nitrogens with zero attached hydrogens (tertiary/aromatic N) is 4. The quantitative estimate of drug-likeness (QED) is 0.466. The Hall–Kier alpha value is -3.39. The van der Waals surface area contributed by atoms with Crippen molar-refractivity contribution in [3.63, 3.8) is 0 Å². The van der Waals surface area contributed by atoms with Crippen molar-refractivity contribution in [2.24, 2.45) is 0 Å². The number of hydrogen-bond acceptors (Lipinski definition) is 4. The summed E-state index contributed by atoms with van der Waals surface area (Å²) in [7, 11) is 1.60. The summed E-state index contributed by atoms with van der Waals surface area (Å²) < 4.78 is 21.4. The highest BCUT2D eigenvalue weighted by atomic mass is 35.5. The van der Waals surface area contributed by atoms with E-state index >= 15 is 0 Å². The highest BCUT2D eigenvalue weighted by Gasteiger charge is 2.40. The van der Waals surface area contributed by atoms with Gasteiger partial charge in [0.1, 0.15) is 17.6 Å². The molecule has 1 atom stereocenters. The van der Waals surface area contributed by atoms with Crippen LogP contribution in [0.25, 0.3) is 0 Å². The zero-order chi connectivity index (χ0) is 24.4. The molecule has 4 rings (SSSR count). The first kappa shape index (κ1) is 23.8. The van der Waals surface area contributed by atoms with E-state index in [1.807, 2.05) is 19.1 Å². The predicted octanol–water partition coefficient (Wildman–Crippen LogP) is 5.12. The molecule has 2 heterocycles. The molecular weight excluding hydrogens is 459 g/mol. The van der Waals surface area contributed by atoms with Gasteiger partial charge in [-0.3, -0.25) is 19.1 Å². The molecule has 178 valence electrons. The van der Waals surface area contributed by atoms with Gasteiger partial charge in [0.2, 0.25) is 5.91 Å². The molecule has 1 aromatic heterocycles. The second-order valence-corrected chi connectivity index (χ2v) is 8.70. The van der Waals surface area contributed by atoms with Gasteiger partial charge in [-0.2, -0.15) is 4.98 Å². The van der Waals surface area contributed by atoms with Gasteiger partial charge >= 0.3 is 6.01 Å². The maximum absolute atomic E-state index is 13.8. The highest BCUT2D eigenvalue weighted by molar-refractivity contribution is 6.30. The van der Waals surface area contributed by atoms with Crippen LogP contribution in [0, 0.1) is 5.82 Å². The lowest BCUT2D eigenvalue weighted by Crippen LogP contribution is -2.46. The molecule has 1 unspecified atom stereocenters. The van der Waals surface area contributed by atoms with Crippen LogP contribution in [0.4, 0.5) is 10.2 Å².